The number of hydrogen-bond donors (Lipinski definition) is 3. The topological polar surface area (TPSA) is 95.3 Å². The van der Waals surface area contributed by atoms with Gasteiger partial charge in [0.05, 0.1) is 12.8 Å². The Morgan fingerprint density at radius 3 is 2.74 bits per heavy atom. The van der Waals surface area contributed by atoms with Gasteiger partial charge in [-0.2, -0.15) is 5.10 Å². The number of carboxylic acid groups (broad SMARTS) is 1. The first kappa shape index (κ1) is 13.7. The van der Waals surface area contributed by atoms with Crippen LogP contribution in [0.3, 0.4) is 0 Å². The molecule has 1 aliphatic rings. The molecule has 0 aromatic carbocycles. The highest BCUT2D eigenvalue weighted by atomic mass is 16.4. The van der Waals surface area contributed by atoms with Crippen molar-refractivity contribution in [3.8, 4) is 0 Å². The first-order valence-corrected chi connectivity index (χ1v) is 6.57. The van der Waals surface area contributed by atoms with Gasteiger partial charge in [0, 0.05) is 12.0 Å². The fourth-order valence-corrected chi connectivity index (χ4v) is 2.60. The molecule has 6 nitrogen and oxygen atoms in total. The molecule has 1 aliphatic carbocycles. The van der Waals surface area contributed by atoms with E-state index in [-0.39, 0.29) is 23.4 Å². The third-order valence-corrected chi connectivity index (χ3v) is 3.83. The number of rotatable bonds is 5. The predicted octanol–water partition coefficient (Wildman–Crippen LogP) is 1.53. The summed E-state index contributed by atoms with van der Waals surface area (Å²) in [7, 11) is 0. The predicted molar refractivity (Wildman–Crippen MR) is 70.1 cm³/mol. The van der Waals surface area contributed by atoms with Crippen LogP contribution in [-0.2, 0) is 0 Å². The van der Waals surface area contributed by atoms with Crippen molar-refractivity contribution in [3.63, 3.8) is 0 Å². The Bertz CT molecular complexity index is 445. The Kier molecular flexibility index (Phi) is 4.31. The largest absolute Gasteiger partial charge is 0.478 e. The first-order chi connectivity index (χ1) is 9.17. The third kappa shape index (κ3) is 3.20. The van der Waals surface area contributed by atoms with Gasteiger partial charge in [0.15, 0.2) is 5.82 Å². The summed E-state index contributed by atoms with van der Waals surface area (Å²) in [5.41, 5.74) is -0.0511. The van der Waals surface area contributed by atoms with Crippen LogP contribution < -0.4 is 5.32 Å². The van der Waals surface area contributed by atoms with Gasteiger partial charge < -0.3 is 15.5 Å². The molecular weight excluding hydrogens is 246 g/mol. The molecule has 0 aliphatic heterocycles. The maximum absolute atomic E-state index is 11.1. The van der Waals surface area contributed by atoms with Crippen molar-refractivity contribution in [1.82, 2.24) is 10.2 Å². The highest BCUT2D eigenvalue weighted by Crippen LogP contribution is 2.36. The fourth-order valence-electron chi connectivity index (χ4n) is 2.60. The summed E-state index contributed by atoms with van der Waals surface area (Å²) in [6.45, 7) is 0.644. The van der Waals surface area contributed by atoms with Crippen LogP contribution in [0.5, 0.6) is 0 Å². The van der Waals surface area contributed by atoms with Crippen LogP contribution in [0, 0.1) is 5.41 Å². The molecule has 2 rings (SSSR count). The van der Waals surface area contributed by atoms with E-state index in [1.165, 1.54) is 18.7 Å². The molecule has 6 heteroatoms. The van der Waals surface area contributed by atoms with Crippen molar-refractivity contribution in [2.24, 2.45) is 5.41 Å². The van der Waals surface area contributed by atoms with E-state index in [2.05, 4.69) is 15.5 Å². The lowest BCUT2D eigenvalue weighted by molar-refractivity contribution is 0.0697. The van der Waals surface area contributed by atoms with Gasteiger partial charge in [-0.1, -0.05) is 19.3 Å². The molecule has 0 unspecified atom stereocenters. The number of nitrogens with zero attached hydrogens (tertiary/aromatic N) is 2. The summed E-state index contributed by atoms with van der Waals surface area (Å²) < 4.78 is 0. The lowest BCUT2D eigenvalue weighted by Crippen LogP contribution is -2.36. The van der Waals surface area contributed by atoms with Crippen molar-refractivity contribution in [2.45, 2.75) is 32.1 Å². The monoisotopic (exact) mass is 265 g/mol. The Morgan fingerprint density at radius 1 is 1.37 bits per heavy atom. The minimum Gasteiger partial charge on any atom is -0.478 e. The summed E-state index contributed by atoms with van der Waals surface area (Å²) in [4.78, 5) is 11.1. The SMILES string of the molecule is O=C(O)c1ccnnc1NCC1(CO)CCCCC1. The molecule has 1 aromatic rings. The Hall–Kier alpha value is -1.69. The summed E-state index contributed by atoms with van der Waals surface area (Å²) in [6, 6.07) is 1.42. The van der Waals surface area contributed by atoms with Crippen LogP contribution in [0.4, 0.5) is 5.82 Å². The van der Waals surface area contributed by atoms with Crippen molar-refractivity contribution in [2.75, 3.05) is 18.5 Å². The quantitative estimate of drug-likeness (QED) is 0.747. The number of anilines is 1. The van der Waals surface area contributed by atoms with Crippen molar-refractivity contribution >= 4 is 11.8 Å². The second-order valence-electron chi connectivity index (χ2n) is 5.17. The zero-order chi connectivity index (χ0) is 13.7. The molecule has 1 heterocycles. The zero-order valence-electron chi connectivity index (χ0n) is 10.8. The van der Waals surface area contributed by atoms with Gasteiger partial charge in [0.1, 0.15) is 5.56 Å². The Labute approximate surface area is 111 Å². The molecule has 1 fully saturated rings. The van der Waals surface area contributed by atoms with Crippen LogP contribution in [0.2, 0.25) is 0 Å². The van der Waals surface area contributed by atoms with Crippen molar-refractivity contribution in [3.05, 3.63) is 17.8 Å². The minimum absolute atomic E-state index is 0.110. The van der Waals surface area contributed by atoms with Crippen LogP contribution in [0.15, 0.2) is 12.3 Å². The second-order valence-corrected chi connectivity index (χ2v) is 5.17. The van der Waals surface area contributed by atoms with Crippen LogP contribution in [-0.4, -0.2) is 39.5 Å². The van der Waals surface area contributed by atoms with Gasteiger partial charge in [-0.3, -0.25) is 0 Å². The number of carbonyl (C=O) groups is 1. The number of aliphatic hydroxyl groups excluding tert-OH is 1. The highest BCUT2D eigenvalue weighted by molar-refractivity contribution is 5.92. The van der Waals surface area contributed by atoms with E-state index in [0.29, 0.717) is 6.54 Å². The molecule has 0 radical (unpaired) electrons. The zero-order valence-corrected chi connectivity index (χ0v) is 10.8. The standard InChI is InChI=1S/C13H19N3O3/c17-9-13(5-2-1-3-6-13)8-14-11-10(12(18)19)4-7-15-16-11/h4,7,17H,1-3,5-6,8-9H2,(H,14,16)(H,18,19). The molecule has 3 N–H and O–H groups in total. The van der Waals surface area contributed by atoms with Crippen LogP contribution in [0.25, 0.3) is 0 Å². The number of aliphatic hydroxyl groups is 1. The Morgan fingerprint density at radius 2 is 2.11 bits per heavy atom. The molecule has 1 aromatic heterocycles. The van der Waals surface area contributed by atoms with E-state index in [9.17, 15) is 9.90 Å². The lowest BCUT2D eigenvalue weighted by Gasteiger charge is -2.35. The normalized spacial score (nSPS) is 17.9. The van der Waals surface area contributed by atoms with Crippen LogP contribution in [0.1, 0.15) is 42.5 Å². The van der Waals surface area contributed by atoms with E-state index in [1.54, 1.807) is 0 Å². The smallest absolute Gasteiger partial charge is 0.339 e. The Balaban J connectivity index is 2.07. The van der Waals surface area contributed by atoms with E-state index >= 15 is 0 Å². The molecule has 1 saturated carbocycles. The minimum atomic E-state index is -1.03. The van der Waals surface area contributed by atoms with Gasteiger partial charge in [-0.15, -0.1) is 5.10 Å². The summed E-state index contributed by atoms with van der Waals surface area (Å²) in [6.07, 6.45) is 6.69. The molecule has 0 saturated heterocycles. The third-order valence-electron chi connectivity index (χ3n) is 3.83. The average Bonchev–Trinajstić information content (AvgIpc) is 2.46. The highest BCUT2D eigenvalue weighted by Gasteiger charge is 2.31. The van der Waals surface area contributed by atoms with Crippen LogP contribution >= 0.6 is 0 Å². The maximum atomic E-state index is 11.1. The van der Waals surface area contributed by atoms with Gasteiger partial charge in [-0.05, 0) is 18.9 Å². The number of hydrogen-bond acceptors (Lipinski definition) is 5. The molecule has 0 bridgehead atoms. The number of aromatic carboxylic acids is 1. The van der Waals surface area contributed by atoms with Crippen molar-refractivity contribution in [1.29, 1.82) is 0 Å². The first-order valence-electron chi connectivity index (χ1n) is 6.57. The van der Waals surface area contributed by atoms with E-state index in [4.69, 9.17) is 5.11 Å². The molecule has 19 heavy (non-hydrogen) atoms. The molecule has 0 spiro atoms. The molecule has 104 valence electrons. The summed E-state index contributed by atoms with van der Waals surface area (Å²) >= 11 is 0. The van der Waals surface area contributed by atoms with E-state index in [1.807, 2.05) is 0 Å². The number of aromatic nitrogens is 2. The second kappa shape index (κ2) is 5.97. The molecule has 0 amide bonds. The number of nitrogens with one attached hydrogen (secondary N) is 1. The van der Waals surface area contributed by atoms with Gasteiger partial charge in [0.2, 0.25) is 0 Å². The average molecular weight is 265 g/mol. The molecule has 0 atom stereocenters. The van der Waals surface area contributed by atoms with E-state index < -0.39 is 5.97 Å². The van der Waals surface area contributed by atoms with Gasteiger partial charge in [0.25, 0.3) is 0 Å². The van der Waals surface area contributed by atoms with E-state index in [0.717, 1.165) is 25.7 Å². The van der Waals surface area contributed by atoms with Crippen molar-refractivity contribution < 1.29 is 15.0 Å². The van der Waals surface area contributed by atoms with Gasteiger partial charge >= 0.3 is 5.97 Å². The lowest BCUT2D eigenvalue weighted by atomic mass is 9.74. The maximum Gasteiger partial charge on any atom is 0.339 e. The number of carboxylic acids is 1. The molecular formula is C13H19N3O3. The fraction of sp³-hybridized carbons (Fsp3) is 0.615. The summed E-state index contributed by atoms with van der Waals surface area (Å²) in [5.74, 6) is -0.757. The summed E-state index contributed by atoms with van der Waals surface area (Å²) in [5, 5.41) is 29.2. The van der Waals surface area contributed by atoms with Gasteiger partial charge in [-0.25, -0.2) is 4.79 Å².